The number of amides is 1. The molecule has 51 heavy (non-hydrogen) atoms. The van der Waals surface area contributed by atoms with E-state index in [2.05, 4.69) is 36.3 Å². The summed E-state index contributed by atoms with van der Waals surface area (Å²) in [4.78, 5) is 40.2. The Morgan fingerprint density at radius 3 is 2.41 bits per heavy atom. The maximum atomic E-state index is 16.4. The number of ether oxygens (including phenoxy) is 1. The van der Waals surface area contributed by atoms with Gasteiger partial charge in [0.1, 0.15) is 11.6 Å². The summed E-state index contributed by atoms with van der Waals surface area (Å²) in [5.41, 5.74) is 1.45. The van der Waals surface area contributed by atoms with E-state index in [0.29, 0.717) is 42.9 Å². The molecule has 3 aromatic carbocycles. The van der Waals surface area contributed by atoms with Crippen molar-refractivity contribution in [1.82, 2.24) is 5.32 Å². The molecule has 12 heteroatoms. The quantitative estimate of drug-likeness (QED) is 0.174. The molecule has 6 rings (SSSR count). The summed E-state index contributed by atoms with van der Waals surface area (Å²) >= 11 is 13.1. The maximum Gasteiger partial charge on any atom is 0.335 e. The number of halogens is 3. The predicted octanol–water partition coefficient (Wildman–Crippen LogP) is 7.99. The number of hydrogen-bond acceptors (Lipinski definition) is 6. The third kappa shape index (κ3) is 7.15. The summed E-state index contributed by atoms with van der Waals surface area (Å²) in [5.74, 6) is -3.55. The second-order valence-electron chi connectivity index (χ2n) is 15.4. The van der Waals surface area contributed by atoms with E-state index in [0.717, 1.165) is 24.1 Å². The molecule has 2 fully saturated rings. The lowest BCUT2D eigenvalue weighted by molar-refractivity contribution is -0.143. The van der Waals surface area contributed by atoms with Crippen LogP contribution in [0.15, 0.2) is 54.6 Å². The molecule has 3 aliphatic rings. The van der Waals surface area contributed by atoms with Gasteiger partial charge in [-0.1, -0.05) is 62.2 Å². The Kier molecular flexibility index (Phi) is 10.3. The number of aliphatic carboxylic acids is 1. The topological polar surface area (TPSA) is 128 Å². The number of rotatable bonds is 9. The minimum absolute atomic E-state index is 0.00433. The van der Waals surface area contributed by atoms with Crippen LogP contribution >= 0.6 is 23.2 Å². The largest absolute Gasteiger partial charge is 0.495 e. The summed E-state index contributed by atoms with van der Waals surface area (Å²) in [5, 5.41) is 26.3. The van der Waals surface area contributed by atoms with Crippen LogP contribution in [0.5, 0.6) is 5.75 Å². The Labute approximate surface area is 307 Å². The first kappa shape index (κ1) is 36.9. The van der Waals surface area contributed by atoms with Crippen molar-refractivity contribution < 1.29 is 33.7 Å². The Hall–Kier alpha value is -3.86. The van der Waals surface area contributed by atoms with Gasteiger partial charge in [0, 0.05) is 41.2 Å². The van der Waals surface area contributed by atoms with Crippen molar-refractivity contribution in [3.63, 3.8) is 0 Å². The van der Waals surface area contributed by atoms with Crippen molar-refractivity contribution in [2.45, 2.75) is 76.3 Å². The molecular weight excluding hydrogens is 696 g/mol. The number of carboxylic acid groups (broad SMARTS) is 2. The van der Waals surface area contributed by atoms with Crippen molar-refractivity contribution in [3.05, 3.63) is 87.2 Å². The average Bonchev–Trinajstić information content (AvgIpc) is 3.55. The molecule has 2 heterocycles. The number of benzene rings is 3. The van der Waals surface area contributed by atoms with Crippen LogP contribution in [0, 0.1) is 23.1 Å². The molecule has 9 nitrogen and oxygen atoms in total. The molecule has 1 saturated carbocycles. The molecular formula is C39H44Cl2FN3O6. The molecule has 0 bridgehead atoms. The van der Waals surface area contributed by atoms with Crippen LogP contribution in [0.25, 0.3) is 0 Å². The van der Waals surface area contributed by atoms with Gasteiger partial charge in [0.05, 0.1) is 35.3 Å². The van der Waals surface area contributed by atoms with Gasteiger partial charge in [-0.3, -0.25) is 9.59 Å². The highest BCUT2D eigenvalue weighted by Gasteiger charge is 2.63. The fourth-order valence-electron chi connectivity index (χ4n) is 8.69. The minimum atomic E-state index is -1.13. The Morgan fingerprint density at radius 1 is 1.04 bits per heavy atom. The van der Waals surface area contributed by atoms with Crippen molar-refractivity contribution in [1.29, 1.82) is 0 Å². The second kappa shape index (κ2) is 14.3. The van der Waals surface area contributed by atoms with E-state index in [9.17, 15) is 24.6 Å². The average molecular weight is 741 g/mol. The molecule has 0 aromatic heterocycles. The van der Waals surface area contributed by atoms with E-state index in [1.807, 2.05) is 18.2 Å². The fourth-order valence-corrected chi connectivity index (χ4v) is 9.04. The Morgan fingerprint density at radius 2 is 1.76 bits per heavy atom. The molecule has 2 aliphatic heterocycles. The number of carbonyl (C=O) groups excluding carboxylic acids is 1. The number of nitrogens with one attached hydrogen (secondary N) is 2. The third-order valence-electron chi connectivity index (χ3n) is 10.9. The van der Waals surface area contributed by atoms with Crippen molar-refractivity contribution in [2.75, 3.05) is 30.4 Å². The summed E-state index contributed by atoms with van der Waals surface area (Å²) in [6.07, 6.45) is 3.43. The second-order valence-corrected chi connectivity index (χ2v) is 16.3. The lowest BCUT2D eigenvalue weighted by Crippen LogP contribution is -2.48. The molecule has 1 amide bonds. The Balaban J connectivity index is 1.47. The molecule has 0 unspecified atom stereocenters. The summed E-state index contributed by atoms with van der Waals surface area (Å²) < 4.78 is 21.9. The first-order chi connectivity index (χ1) is 24.1. The van der Waals surface area contributed by atoms with Crippen LogP contribution in [0.4, 0.5) is 15.8 Å². The highest BCUT2D eigenvalue weighted by atomic mass is 35.5. The van der Waals surface area contributed by atoms with Crippen molar-refractivity contribution in [2.24, 2.45) is 17.3 Å². The summed E-state index contributed by atoms with van der Waals surface area (Å²) in [6, 6.07) is 13.6. The zero-order valence-electron chi connectivity index (χ0n) is 29.1. The van der Waals surface area contributed by atoms with Crippen LogP contribution < -0.4 is 20.3 Å². The van der Waals surface area contributed by atoms with Crippen LogP contribution in [-0.2, 0) is 15.0 Å². The van der Waals surface area contributed by atoms with Gasteiger partial charge in [-0.05, 0) is 91.0 Å². The molecule has 4 atom stereocenters. The number of anilines is 2. The van der Waals surface area contributed by atoms with Crippen molar-refractivity contribution in [3.8, 4) is 5.75 Å². The smallest absolute Gasteiger partial charge is 0.335 e. The molecule has 3 aromatic rings. The van der Waals surface area contributed by atoms with E-state index >= 15 is 4.39 Å². The number of aromatic carboxylic acids is 1. The molecule has 0 radical (unpaired) electrons. The van der Waals surface area contributed by atoms with Crippen LogP contribution in [0.3, 0.4) is 0 Å². The first-order valence-corrected chi connectivity index (χ1v) is 18.1. The van der Waals surface area contributed by atoms with Gasteiger partial charge in [0.2, 0.25) is 5.91 Å². The highest BCUT2D eigenvalue weighted by molar-refractivity contribution is 6.31. The first-order valence-electron chi connectivity index (χ1n) is 17.3. The van der Waals surface area contributed by atoms with Gasteiger partial charge in [-0.15, -0.1) is 0 Å². The van der Waals surface area contributed by atoms with Crippen molar-refractivity contribution >= 4 is 52.4 Å². The monoisotopic (exact) mass is 739 g/mol. The third-order valence-corrected chi connectivity index (χ3v) is 11.5. The normalized spacial score (nSPS) is 25.9. The van der Waals surface area contributed by atoms with Gasteiger partial charge >= 0.3 is 11.9 Å². The Bertz CT molecular complexity index is 1840. The van der Waals surface area contributed by atoms with E-state index in [-0.39, 0.29) is 45.3 Å². The SMILES string of the molecule is COc1cc(C(=O)O)ccc1NC(=O)[C@@H]1N[C@@H](CC(C)(C)C)[C@@]2(CN(CC3CCC(C(=O)O)CC3)c3cc(Cl)ccc32)[C@H]1c1cccc(Cl)c1F. The number of hydrogen-bond donors (Lipinski definition) is 4. The number of methoxy groups -OCH3 is 1. The number of carbonyl (C=O) groups is 3. The summed E-state index contributed by atoms with van der Waals surface area (Å²) in [7, 11) is 1.40. The zero-order chi connectivity index (χ0) is 36.8. The van der Waals surface area contributed by atoms with Crippen LogP contribution in [-0.4, -0.2) is 60.3 Å². The van der Waals surface area contributed by atoms with E-state index < -0.39 is 41.0 Å². The maximum absolute atomic E-state index is 16.4. The van der Waals surface area contributed by atoms with Gasteiger partial charge in [-0.25, -0.2) is 9.18 Å². The number of fused-ring (bicyclic) bond motifs is 2. The number of nitrogens with zero attached hydrogens (tertiary/aromatic N) is 1. The molecule has 1 saturated heterocycles. The highest BCUT2D eigenvalue weighted by Crippen LogP contribution is 2.58. The number of carboxylic acids is 2. The fraction of sp³-hybridized carbons (Fsp3) is 0.462. The van der Waals surface area contributed by atoms with Gasteiger partial charge < -0.3 is 30.5 Å². The van der Waals surface area contributed by atoms with E-state index in [1.165, 1.54) is 31.4 Å². The lowest BCUT2D eigenvalue weighted by Gasteiger charge is -2.40. The molecule has 272 valence electrons. The lowest BCUT2D eigenvalue weighted by atomic mass is 9.63. The van der Waals surface area contributed by atoms with Crippen LogP contribution in [0.2, 0.25) is 10.0 Å². The van der Waals surface area contributed by atoms with Gasteiger partial charge in [-0.2, -0.15) is 0 Å². The molecule has 1 aliphatic carbocycles. The van der Waals surface area contributed by atoms with E-state index in [1.54, 1.807) is 12.1 Å². The summed E-state index contributed by atoms with van der Waals surface area (Å²) in [6.45, 7) is 7.53. The molecule has 1 spiro atoms. The van der Waals surface area contributed by atoms with E-state index in [4.69, 9.17) is 27.9 Å². The standard InChI is InChI=1S/C39H44Cl2FN3O6/c1-38(2,3)18-31-39(20-45(29-17-24(40)13-14-26(29)39)19-21-8-10-22(11-9-21)36(47)48)32(25-6-5-7-27(41)33(25)42)34(44-31)35(46)43-28-15-12-23(37(49)50)16-30(28)51-4/h5-7,12-17,21-22,31-32,34,44H,8-11,18-20H2,1-4H3,(H,43,46)(H,47,48)(H,49,50)/t21?,22?,31-,32-,34+,39-/m0/s1. The van der Waals surface area contributed by atoms with Crippen LogP contribution in [0.1, 0.15) is 80.3 Å². The predicted molar refractivity (Wildman–Crippen MR) is 196 cm³/mol. The molecule has 4 N–H and O–H groups in total. The van der Waals surface area contributed by atoms with Gasteiger partial charge in [0.25, 0.3) is 0 Å². The zero-order valence-corrected chi connectivity index (χ0v) is 30.7. The van der Waals surface area contributed by atoms with Gasteiger partial charge in [0.15, 0.2) is 0 Å². The minimum Gasteiger partial charge on any atom is -0.495 e.